The van der Waals surface area contributed by atoms with Crippen molar-refractivity contribution in [3.8, 4) is 11.5 Å². The van der Waals surface area contributed by atoms with Crippen molar-refractivity contribution >= 4 is 22.5 Å². The lowest BCUT2D eigenvalue weighted by atomic mass is 9.93. The Balaban J connectivity index is 2.41. The minimum absolute atomic E-state index is 0.158. The van der Waals surface area contributed by atoms with Crippen LogP contribution in [-0.2, 0) is 0 Å². The van der Waals surface area contributed by atoms with E-state index in [4.69, 9.17) is 9.47 Å². The zero-order chi connectivity index (χ0) is 14.4. The molecule has 5 nitrogen and oxygen atoms in total. The number of allylic oxidation sites excluding steroid dienone is 2. The maximum Gasteiger partial charge on any atom is 0.203 e. The van der Waals surface area contributed by atoms with Crippen LogP contribution in [0.5, 0.6) is 11.5 Å². The fourth-order valence-corrected chi connectivity index (χ4v) is 2.49. The van der Waals surface area contributed by atoms with E-state index in [0.29, 0.717) is 39.2 Å². The number of ketones is 2. The van der Waals surface area contributed by atoms with Crippen molar-refractivity contribution < 1.29 is 19.1 Å². The smallest absolute Gasteiger partial charge is 0.203 e. The zero-order valence-corrected chi connectivity index (χ0v) is 11.4. The lowest BCUT2D eigenvalue weighted by molar-refractivity contribution is 0.0983. The Morgan fingerprint density at radius 1 is 1.10 bits per heavy atom. The van der Waals surface area contributed by atoms with Crippen molar-refractivity contribution in [2.24, 2.45) is 0 Å². The third kappa shape index (κ3) is 1.56. The summed E-state index contributed by atoms with van der Waals surface area (Å²) in [6.07, 6.45) is 1.35. The molecular formula is C15H13NO4. The predicted molar refractivity (Wildman–Crippen MR) is 73.8 cm³/mol. The van der Waals surface area contributed by atoms with Gasteiger partial charge in [0.25, 0.3) is 0 Å². The zero-order valence-electron chi connectivity index (χ0n) is 11.4. The second-order valence-corrected chi connectivity index (χ2v) is 4.65. The SMILES string of the molecule is COc1cc(OC)c2c3c([nH]c2c1)C(=O)C=C(C)C3=O. The number of aromatic amines is 1. The van der Waals surface area contributed by atoms with Crippen LogP contribution in [0, 0.1) is 0 Å². The maximum atomic E-state index is 12.3. The van der Waals surface area contributed by atoms with Crippen molar-refractivity contribution in [3.63, 3.8) is 0 Å². The maximum absolute atomic E-state index is 12.3. The molecule has 0 bridgehead atoms. The Hall–Kier alpha value is -2.56. The summed E-state index contributed by atoms with van der Waals surface area (Å²) in [5, 5.41) is 0.620. The molecule has 20 heavy (non-hydrogen) atoms. The first-order valence-corrected chi connectivity index (χ1v) is 6.12. The number of carbonyl (C=O) groups is 2. The van der Waals surface area contributed by atoms with Crippen molar-refractivity contribution in [2.75, 3.05) is 14.2 Å². The highest BCUT2D eigenvalue weighted by atomic mass is 16.5. The van der Waals surface area contributed by atoms with Gasteiger partial charge in [-0.05, 0) is 13.0 Å². The molecule has 0 aliphatic heterocycles. The summed E-state index contributed by atoms with van der Waals surface area (Å²) in [7, 11) is 3.07. The van der Waals surface area contributed by atoms with Crippen molar-refractivity contribution in [1.82, 2.24) is 4.98 Å². The number of rotatable bonds is 2. The topological polar surface area (TPSA) is 68.4 Å². The molecule has 3 rings (SSSR count). The molecule has 0 saturated carbocycles. The first kappa shape index (κ1) is 12.5. The molecule has 0 amide bonds. The molecule has 0 saturated heterocycles. The molecule has 0 atom stereocenters. The minimum Gasteiger partial charge on any atom is -0.497 e. The number of fused-ring (bicyclic) bond motifs is 3. The Labute approximate surface area is 115 Å². The van der Waals surface area contributed by atoms with Crippen LogP contribution in [0.2, 0.25) is 0 Å². The van der Waals surface area contributed by atoms with E-state index < -0.39 is 0 Å². The van der Waals surface area contributed by atoms with Crippen LogP contribution in [0.4, 0.5) is 0 Å². The van der Waals surface area contributed by atoms with E-state index in [1.165, 1.54) is 13.2 Å². The van der Waals surface area contributed by atoms with E-state index in [0.717, 1.165) is 0 Å². The number of Topliss-reactive ketones (excluding diaryl/α,β-unsaturated/α-hetero) is 1. The fourth-order valence-electron chi connectivity index (χ4n) is 2.49. The minimum atomic E-state index is -0.200. The van der Waals surface area contributed by atoms with E-state index in [2.05, 4.69) is 4.98 Å². The molecule has 0 fully saturated rings. The van der Waals surface area contributed by atoms with Gasteiger partial charge in [0.15, 0.2) is 5.78 Å². The lowest BCUT2D eigenvalue weighted by Gasteiger charge is -2.10. The Morgan fingerprint density at radius 2 is 1.85 bits per heavy atom. The second-order valence-electron chi connectivity index (χ2n) is 4.65. The van der Waals surface area contributed by atoms with E-state index in [1.54, 1.807) is 26.2 Å². The third-order valence-electron chi connectivity index (χ3n) is 3.47. The van der Waals surface area contributed by atoms with Crippen LogP contribution in [-0.4, -0.2) is 30.8 Å². The van der Waals surface area contributed by atoms with Crippen LogP contribution in [0.25, 0.3) is 10.9 Å². The Morgan fingerprint density at radius 3 is 2.50 bits per heavy atom. The number of ether oxygens (including phenoxy) is 2. The molecule has 102 valence electrons. The molecule has 1 aromatic heterocycles. The van der Waals surface area contributed by atoms with E-state index in [-0.39, 0.29) is 11.6 Å². The van der Waals surface area contributed by atoms with Gasteiger partial charge in [-0.15, -0.1) is 0 Å². The van der Waals surface area contributed by atoms with E-state index >= 15 is 0 Å². The number of aromatic nitrogens is 1. The molecule has 1 heterocycles. The Kier molecular flexibility index (Phi) is 2.64. The summed E-state index contributed by atoms with van der Waals surface area (Å²) in [5.41, 5.74) is 1.77. The number of benzene rings is 1. The molecular weight excluding hydrogens is 258 g/mol. The largest absolute Gasteiger partial charge is 0.497 e. The highest BCUT2D eigenvalue weighted by Gasteiger charge is 2.29. The van der Waals surface area contributed by atoms with Gasteiger partial charge in [-0.2, -0.15) is 0 Å². The van der Waals surface area contributed by atoms with Gasteiger partial charge in [0.1, 0.15) is 11.5 Å². The monoisotopic (exact) mass is 271 g/mol. The standard InChI is InChI=1S/C15H13NO4/c1-7-4-10(17)14-13(15(7)18)12-9(16-14)5-8(19-2)6-11(12)20-3/h4-6,16H,1-3H3. The van der Waals surface area contributed by atoms with Crippen LogP contribution >= 0.6 is 0 Å². The van der Waals surface area contributed by atoms with Crippen LogP contribution in [0.15, 0.2) is 23.8 Å². The molecule has 5 heteroatoms. The molecule has 0 unspecified atom stereocenters. The summed E-state index contributed by atoms with van der Waals surface area (Å²) in [4.78, 5) is 27.4. The van der Waals surface area contributed by atoms with E-state index in [9.17, 15) is 9.59 Å². The van der Waals surface area contributed by atoms with Gasteiger partial charge >= 0.3 is 0 Å². The second kappa shape index (κ2) is 4.23. The first-order chi connectivity index (χ1) is 9.56. The highest BCUT2D eigenvalue weighted by molar-refractivity contribution is 6.29. The predicted octanol–water partition coefficient (Wildman–Crippen LogP) is 2.51. The van der Waals surface area contributed by atoms with Crippen LogP contribution in [0.3, 0.4) is 0 Å². The van der Waals surface area contributed by atoms with Crippen LogP contribution < -0.4 is 9.47 Å². The summed E-state index contributed by atoms with van der Waals surface area (Å²) in [6, 6.07) is 3.44. The summed E-state index contributed by atoms with van der Waals surface area (Å²) >= 11 is 0. The summed E-state index contributed by atoms with van der Waals surface area (Å²) < 4.78 is 10.5. The molecule has 1 aliphatic rings. The Bertz CT molecular complexity index is 783. The number of methoxy groups -OCH3 is 2. The van der Waals surface area contributed by atoms with Crippen molar-refractivity contribution in [2.45, 2.75) is 6.92 Å². The number of hydrogen-bond donors (Lipinski definition) is 1. The van der Waals surface area contributed by atoms with Gasteiger partial charge in [0, 0.05) is 17.7 Å². The van der Waals surface area contributed by atoms with Gasteiger partial charge in [-0.1, -0.05) is 0 Å². The van der Waals surface area contributed by atoms with Gasteiger partial charge in [-0.25, -0.2) is 0 Å². The number of H-pyrrole nitrogens is 1. The highest BCUT2D eigenvalue weighted by Crippen LogP contribution is 2.37. The molecule has 1 N–H and O–H groups in total. The van der Waals surface area contributed by atoms with Crippen molar-refractivity contribution in [3.05, 3.63) is 35.0 Å². The van der Waals surface area contributed by atoms with Gasteiger partial charge in [0.2, 0.25) is 5.78 Å². The lowest BCUT2D eigenvalue weighted by Crippen LogP contribution is -2.14. The first-order valence-electron chi connectivity index (χ1n) is 6.12. The van der Waals surface area contributed by atoms with E-state index in [1.807, 2.05) is 0 Å². The molecule has 0 spiro atoms. The molecule has 0 radical (unpaired) electrons. The average molecular weight is 271 g/mol. The van der Waals surface area contributed by atoms with Crippen LogP contribution in [0.1, 0.15) is 27.8 Å². The van der Waals surface area contributed by atoms with Gasteiger partial charge in [0.05, 0.1) is 36.4 Å². The number of nitrogens with one attached hydrogen (secondary N) is 1. The summed E-state index contributed by atoms with van der Waals surface area (Å²) in [6.45, 7) is 1.64. The third-order valence-corrected chi connectivity index (χ3v) is 3.47. The van der Waals surface area contributed by atoms with Gasteiger partial charge < -0.3 is 14.5 Å². The molecule has 1 aromatic carbocycles. The summed E-state index contributed by atoms with van der Waals surface area (Å²) in [5.74, 6) is 0.744. The van der Waals surface area contributed by atoms with Gasteiger partial charge in [-0.3, -0.25) is 9.59 Å². The normalized spacial score (nSPS) is 14.2. The number of carbonyl (C=O) groups excluding carboxylic acids is 2. The average Bonchev–Trinajstić information content (AvgIpc) is 2.83. The fraction of sp³-hybridized carbons (Fsp3) is 0.200. The van der Waals surface area contributed by atoms with Crippen molar-refractivity contribution in [1.29, 1.82) is 0 Å². The molecule has 2 aromatic rings. The quantitative estimate of drug-likeness (QED) is 0.911. The molecule has 1 aliphatic carbocycles. The number of hydrogen-bond acceptors (Lipinski definition) is 4.